The Labute approximate surface area is 182 Å². The number of hydrogen-bond acceptors (Lipinski definition) is 4. The quantitative estimate of drug-likeness (QED) is 0.387. The lowest BCUT2D eigenvalue weighted by Gasteiger charge is -2.18. The Bertz CT molecular complexity index is 1140. The molecule has 0 unspecified atom stereocenters. The van der Waals surface area contributed by atoms with Crippen LogP contribution in [-0.4, -0.2) is 11.9 Å². The van der Waals surface area contributed by atoms with Gasteiger partial charge in [0.2, 0.25) is 5.90 Å². The maximum absolute atomic E-state index is 12.4. The van der Waals surface area contributed by atoms with E-state index in [2.05, 4.69) is 25.8 Å². The molecule has 0 saturated carbocycles. The summed E-state index contributed by atoms with van der Waals surface area (Å²) in [6.45, 7) is 6.92. The summed E-state index contributed by atoms with van der Waals surface area (Å²) in [6, 6.07) is 25.5. The van der Waals surface area contributed by atoms with Crippen molar-refractivity contribution in [2.75, 3.05) is 0 Å². The zero-order valence-electron chi connectivity index (χ0n) is 18.0. The van der Waals surface area contributed by atoms with Crippen molar-refractivity contribution in [3.63, 3.8) is 0 Å². The summed E-state index contributed by atoms with van der Waals surface area (Å²) in [5, 5.41) is 0. The van der Waals surface area contributed by atoms with Crippen molar-refractivity contribution in [2.45, 2.75) is 32.8 Å². The number of ether oxygens (including phenoxy) is 2. The molecular formula is C27H25NO3. The molecule has 0 amide bonds. The van der Waals surface area contributed by atoms with Gasteiger partial charge in [-0.25, -0.2) is 9.79 Å². The number of hydrogen-bond donors (Lipinski definition) is 0. The van der Waals surface area contributed by atoms with Gasteiger partial charge in [-0.1, -0.05) is 81.4 Å². The minimum absolute atomic E-state index is 0.0568. The summed E-state index contributed by atoms with van der Waals surface area (Å²) >= 11 is 0. The molecule has 4 rings (SSSR count). The number of para-hydroxylation sites is 1. The van der Waals surface area contributed by atoms with E-state index in [1.54, 1.807) is 6.08 Å². The Kier molecular flexibility index (Phi) is 5.72. The fraction of sp³-hybridized carbons (Fsp3) is 0.185. The minimum Gasteiger partial charge on any atom is -0.488 e. The van der Waals surface area contributed by atoms with Crippen LogP contribution in [0.2, 0.25) is 0 Å². The smallest absolute Gasteiger partial charge is 0.363 e. The van der Waals surface area contributed by atoms with Crippen molar-refractivity contribution in [3.05, 3.63) is 107 Å². The van der Waals surface area contributed by atoms with Crippen LogP contribution in [0.3, 0.4) is 0 Å². The predicted octanol–water partition coefficient (Wildman–Crippen LogP) is 5.91. The number of benzene rings is 3. The predicted molar refractivity (Wildman–Crippen MR) is 123 cm³/mol. The van der Waals surface area contributed by atoms with Gasteiger partial charge < -0.3 is 9.47 Å². The maximum Gasteiger partial charge on any atom is 0.363 e. The zero-order valence-corrected chi connectivity index (χ0v) is 18.0. The molecule has 4 heteroatoms. The van der Waals surface area contributed by atoms with E-state index in [0.29, 0.717) is 18.3 Å². The Hall–Kier alpha value is -3.66. The first kappa shape index (κ1) is 20.6. The van der Waals surface area contributed by atoms with Gasteiger partial charge in [0.1, 0.15) is 12.4 Å². The van der Waals surface area contributed by atoms with E-state index in [4.69, 9.17) is 9.47 Å². The molecule has 0 saturated heterocycles. The summed E-state index contributed by atoms with van der Waals surface area (Å²) in [7, 11) is 0. The summed E-state index contributed by atoms with van der Waals surface area (Å²) in [6.07, 6.45) is 1.71. The number of rotatable bonds is 5. The molecule has 0 spiro atoms. The molecule has 1 aliphatic heterocycles. The molecule has 0 radical (unpaired) electrons. The number of carbonyl (C=O) groups excluding carboxylic acids is 1. The molecular weight excluding hydrogens is 386 g/mol. The van der Waals surface area contributed by atoms with E-state index < -0.39 is 5.97 Å². The zero-order chi connectivity index (χ0) is 21.8. The SMILES string of the molecule is CC(C)(C)c1ccc(C2=N/C(=C\c3ccccc3OCc3ccccc3)C(=O)O2)cc1. The second-order valence-electron chi connectivity index (χ2n) is 8.48. The number of cyclic esters (lactones) is 1. The Morgan fingerprint density at radius 2 is 1.58 bits per heavy atom. The Balaban J connectivity index is 1.56. The van der Waals surface area contributed by atoms with Crippen LogP contribution < -0.4 is 4.74 Å². The molecule has 1 aliphatic rings. The van der Waals surface area contributed by atoms with Crippen molar-refractivity contribution in [2.24, 2.45) is 4.99 Å². The van der Waals surface area contributed by atoms with Crippen LogP contribution in [0.1, 0.15) is 43.0 Å². The third kappa shape index (κ3) is 4.92. The summed E-state index contributed by atoms with van der Waals surface area (Å²) in [5.74, 6) is 0.539. The fourth-order valence-electron chi connectivity index (χ4n) is 3.26. The highest BCUT2D eigenvalue weighted by atomic mass is 16.6. The van der Waals surface area contributed by atoms with Crippen LogP contribution in [0, 0.1) is 0 Å². The molecule has 0 bridgehead atoms. The van der Waals surface area contributed by atoms with Crippen LogP contribution in [0.4, 0.5) is 0 Å². The third-order valence-corrected chi connectivity index (χ3v) is 5.07. The topological polar surface area (TPSA) is 47.9 Å². The molecule has 0 aliphatic carbocycles. The van der Waals surface area contributed by atoms with Crippen LogP contribution in [-0.2, 0) is 21.6 Å². The highest BCUT2D eigenvalue weighted by molar-refractivity contribution is 6.13. The van der Waals surface area contributed by atoms with Crippen molar-refractivity contribution in [3.8, 4) is 5.75 Å². The lowest BCUT2D eigenvalue weighted by atomic mass is 9.87. The second-order valence-corrected chi connectivity index (χ2v) is 8.48. The highest BCUT2D eigenvalue weighted by Gasteiger charge is 2.25. The number of carbonyl (C=O) groups is 1. The van der Waals surface area contributed by atoms with E-state index in [1.165, 1.54) is 5.56 Å². The first-order valence-corrected chi connectivity index (χ1v) is 10.3. The van der Waals surface area contributed by atoms with Gasteiger partial charge in [0.05, 0.1) is 0 Å². The van der Waals surface area contributed by atoms with Gasteiger partial charge in [-0.3, -0.25) is 0 Å². The monoisotopic (exact) mass is 411 g/mol. The average molecular weight is 412 g/mol. The lowest BCUT2D eigenvalue weighted by molar-refractivity contribution is -0.129. The van der Waals surface area contributed by atoms with Gasteiger partial charge in [-0.2, -0.15) is 0 Å². The third-order valence-electron chi connectivity index (χ3n) is 5.07. The second kappa shape index (κ2) is 8.60. The standard InChI is InChI=1S/C27H25NO3/c1-27(2,3)22-15-13-20(14-16-22)25-28-23(26(29)31-25)17-21-11-7-8-12-24(21)30-18-19-9-5-4-6-10-19/h4-17H,18H2,1-3H3/b23-17-. The van der Waals surface area contributed by atoms with E-state index >= 15 is 0 Å². The molecule has 0 N–H and O–H groups in total. The molecule has 156 valence electrons. The van der Waals surface area contributed by atoms with Crippen molar-refractivity contribution < 1.29 is 14.3 Å². The Morgan fingerprint density at radius 1 is 0.903 bits per heavy atom. The van der Waals surface area contributed by atoms with E-state index in [1.807, 2.05) is 78.9 Å². The van der Waals surface area contributed by atoms with Crippen molar-refractivity contribution in [1.29, 1.82) is 0 Å². The summed E-state index contributed by atoms with van der Waals surface area (Å²) in [5.41, 5.74) is 4.15. The van der Waals surface area contributed by atoms with Crippen LogP contribution in [0.5, 0.6) is 5.75 Å². The Morgan fingerprint density at radius 3 is 2.29 bits per heavy atom. The molecule has 3 aromatic rings. The fourth-order valence-corrected chi connectivity index (χ4v) is 3.26. The van der Waals surface area contributed by atoms with Crippen LogP contribution >= 0.6 is 0 Å². The number of esters is 1. The molecule has 4 nitrogen and oxygen atoms in total. The molecule has 31 heavy (non-hydrogen) atoms. The van der Waals surface area contributed by atoms with Crippen molar-refractivity contribution in [1.82, 2.24) is 0 Å². The molecule has 0 atom stereocenters. The summed E-state index contributed by atoms with van der Waals surface area (Å²) < 4.78 is 11.4. The molecule has 0 fully saturated rings. The maximum atomic E-state index is 12.4. The molecule has 0 aromatic heterocycles. The van der Waals surface area contributed by atoms with Gasteiger partial charge in [-0.05, 0) is 40.8 Å². The molecule has 1 heterocycles. The summed E-state index contributed by atoms with van der Waals surface area (Å²) in [4.78, 5) is 16.9. The van der Waals surface area contributed by atoms with Crippen LogP contribution in [0.15, 0.2) is 89.6 Å². The van der Waals surface area contributed by atoms with Crippen molar-refractivity contribution >= 4 is 17.9 Å². The van der Waals surface area contributed by atoms with Gasteiger partial charge in [-0.15, -0.1) is 0 Å². The number of aliphatic imine (C=N–C) groups is 1. The highest BCUT2D eigenvalue weighted by Crippen LogP contribution is 2.27. The van der Waals surface area contributed by atoms with E-state index in [9.17, 15) is 4.79 Å². The van der Waals surface area contributed by atoms with E-state index in [-0.39, 0.29) is 11.1 Å². The van der Waals surface area contributed by atoms with Gasteiger partial charge >= 0.3 is 5.97 Å². The van der Waals surface area contributed by atoms with E-state index in [0.717, 1.165) is 16.7 Å². The van der Waals surface area contributed by atoms with Gasteiger partial charge in [0.25, 0.3) is 0 Å². The normalized spacial score (nSPS) is 15.0. The largest absolute Gasteiger partial charge is 0.488 e. The lowest BCUT2D eigenvalue weighted by Crippen LogP contribution is -2.11. The molecule has 3 aromatic carbocycles. The van der Waals surface area contributed by atoms with Gasteiger partial charge in [0.15, 0.2) is 5.70 Å². The van der Waals surface area contributed by atoms with Gasteiger partial charge in [0, 0.05) is 11.1 Å². The first-order chi connectivity index (χ1) is 14.9. The minimum atomic E-state index is -0.465. The average Bonchev–Trinajstić information content (AvgIpc) is 3.13. The first-order valence-electron chi connectivity index (χ1n) is 10.3. The number of nitrogens with zero attached hydrogens (tertiary/aromatic N) is 1. The van der Waals surface area contributed by atoms with Crippen LogP contribution in [0.25, 0.3) is 6.08 Å².